The molecule has 1 nitrogen and oxygen atoms in total. The SMILES string of the molecule is C[C@@H]1[C@@H](C)C(=O)[C@@H]2C[C@@H]1C2(C)C. The number of hydrogen-bond donors (Lipinski definition) is 0. The molecule has 0 heterocycles. The number of ketones is 1. The zero-order chi connectivity index (χ0) is 9.09. The van der Waals surface area contributed by atoms with Gasteiger partial charge in [0.25, 0.3) is 0 Å². The summed E-state index contributed by atoms with van der Waals surface area (Å²) in [6, 6.07) is 0. The van der Waals surface area contributed by atoms with Crippen molar-refractivity contribution in [3.05, 3.63) is 0 Å². The first-order valence-electron chi connectivity index (χ1n) is 5.00. The molecule has 3 aliphatic rings. The van der Waals surface area contributed by atoms with Gasteiger partial charge in [0, 0.05) is 11.8 Å². The van der Waals surface area contributed by atoms with E-state index in [-0.39, 0.29) is 0 Å². The predicted molar refractivity (Wildman–Crippen MR) is 48.7 cm³/mol. The Balaban J connectivity index is 2.30. The first-order valence-corrected chi connectivity index (χ1v) is 5.00. The maximum Gasteiger partial charge on any atom is 0.139 e. The van der Waals surface area contributed by atoms with Crippen LogP contribution in [0.25, 0.3) is 0 Å². The lowest BCUT2D eigenvalue weighted by Crippen LogP contribution is -2.59. The maximum atomic E-state index is 11.8. The van der Waals surface area contributed by atoms with Crippen LogP contribution in [0.4, 0.5) is 0 Å². The van der Waals surface area contributed by atoms with Crippen LogP contribution >= 0.6 is 0 Å². The third-order valence-electron chi connectivity index (χ3n) is 4.56. The minimum absolute atomic E-state index is 0.309. The fourth-order valence-electron chi connectivity index (χ4n) is 3.26. The Hall–Kier alpha value is -0.330. The second-order valence-corrected chi connectivity index (χ2v) is 5.27. The Bertz CT molecular complexity index is 229. The molecule has 0 aliphatic heterocycles. The van der Waals surface area contributed by atoms with Gasteiger partial charge < -0.3 is 0 Å². The van der Waals surface area contributed by atoms with Gasteiger partial charge in [-0.1, -0.05) is 27.7 Å². The van der Waals surface area contributed by atoms with Crippen LogP contribution in [0.1, 0.15) is 34.1 Å². The molecular formula is C11H18O. The molecule has 0 aromatic heterocycles. The van der Waals surface area contributed by atoms with Crippen LogP contribution in [0, 0.1) is 29.1 Å². The van der Waals surface area contributed by atoms with Crippen molar-refractivity contribution in [2.24, 2.45) is 29.1 Å². The number of rotatable bonds is 0. The molecule has 1 heteroatoms. The molecule has 0 unspecified atom stereocenters. The summed E-state index contributed by atoms with van der Waals surface area (Å²) in [5.74, 6) is 2.64. The van der Waals surface area contributed by atoms with Crippen molar-refractivity contribution in [2.45, 2.75) is 34.1 Å². The van der Waals surface area contributed by atoms with Gasteiger partial charge in [0.15, 0.2) is 0 Å². The molecule has 0 N–H and O–H groups in total. The van der Waals surface area contributed by atoms with Crippen LogP contribution in [0.2, 0.25) is 0 Å². The van der Waals surface area contributed by atoms with Crippen molar-refractivity contribution < 1.29 is 4.79 Å². The van der Waals surface area contributed by atoms with Crippen LogP contribution in [0.15, 0.2) is 0 Å². The summed E-state index contributed by atoms with van der Waals surface area (Å²) in [5.41, 5.74) is 0.309. The van der Waals surface area contributed by atoms with Crippen LogP contribution in [-0.4, -0.2) is 5.78 Å². The summed E-state index contributed by atoms with van der Waals surface area (Å²) in [7, 11) is 0. The topological polar surface area (TPSA) is 17.1 Å². The summed E-state index contributed by atoms with van der Waals surface area (Å²) in [4.78, 5) is 11.8. The van der Waals surface area contributed by atoms with E-state index in [0.29, 0.717) is 29.0 Å². The normalized spacial score (nSPS) is 50.2. The average Bonchev–Trinajstić information content (AvgIpc) is 1.98. The van der Waals surface area contributed by atoms with Crippen LogP contribution in [0.3, 0.4) is 0 Å². The highest BCUT2D eigenvalue weighted by Crippen LogP contribution is 2.61. The quantitative estimate of drug-likeness (QED) is 0.540. The number of carbonyl (C=O) groups is 1. The van der Waals surface area contributed by atoms with Gasteiger partial charge in [-0.05, 0) is 23.7 Å². The zero-order valence-electron chi connectivity index (χ0n) is 8.42. The zero-order valence-corrected chi connectivity index (χ0v) is 8.42. The number of carbonyl (C=O) groups excluding carboxylic acids is 1. The summed E-state index contributed by atoms with van der Waals surface area (Å²) in [6.45, 7) is 8.85. The average molecular weight is 166 g/mol. The van der Waals surface area contributed by atoms with Crippen LogP contribution in [-0.2, 0) is 4.79 Å². The number of hydrogen-bond acceptors (Lipinski definition) is 1. The van der Waals surface area contributed by atoms with E-state index in [1.807, 2.05) is 0 Å². The van der Waals surface area contributed by atoms with E-state index in [1.54, 1.807) is 0 Å². The molecule has 2 bridgehead atoms. The molecule has 0 amide bonds. The second kappa shape index (κ2) is 2.12. The molecule has 68 valence electrons. The van der Waals surface area contributed by atoms with Gasteiger partial charge in [0.1, 0.15) is 5.78 Å². The van der Waals surface area contributed by atoms with Crippen molar-refractivity contribution in [3.8, 4) is 0 Å². The molecule has 3 aliphatic carbocycles. The minimum Gasteiger partial charge on any atom is -0.299 e. The highest BCUT2D eigenvalue weighted by Gasteiger charge is 2.59. The molecule has 0 saturated heterocycles. The molecule has 0 radical (unpaired) electrons. The fourth-order valence-corrected chi connectivity index (χ4v) is 3.26. The van der Waals surface area contributed by atoms with Crippen molar-refractivity contribution in [3.63, 3.8) is 0 Å². The van der Waals surface area contributed by atoms with E-state index in [4.69, 9.17) is 0 Å². The molecule has 0 spiro atoms. The van der Waals surface area contributed by atoms with Crippen molar-refractivity contribution in [1.29, 1.82) is 0 Å². The Morgan fingerprint density at radius 2 is 1.92 bits per heavy atom. The molecule has 3 saturated carbocycles. The molecular weight excluding hydrogens is 148 g/mol. The van der Waals surface area contributed by atoms with Gasteiger partial charge in [-0.3, -0.25) is 4.79 Å². The number of fused-ring (bicyclic) bond motifs is 2. The molecule has 4 atom stereocenters. The first-order chi connectivity index (χ1) is 5.46. The molecule has 3 rings (SSSR count). The van der Waals surface area contributed by atoms with Gasteiger partial charge in [-0.25, -0.2) is 0 Å². The third-order valence-corrected chi connectivity index (χ3v) is 4.56. The lowest BCUT2D eigenvalue weighted by atomic mass is 9.43. The molecule has 0 aromatic rings. The Morgan fingerprint density at radius 1 is 1.33 bits per heavy atom. The van der Waals surface area contributed by atoms with Gasteiger partial charge in [-0.2, -0.15) is 0 Å². The largest absolute Gasteiger partial charge is 0.299 e. The third kappa shape index (κ3) is 0.725. The smallest absolute Gasteiger partial charge is 0.139 e. The van der Waals surface area contributed by atoms with Gasteiger partial charge >= 0.3 is 0 Å². The van der Waals surface area contributed by atoms with E-state index in [2.05, 4.69) is 27.7 Å². The molecule has 12 heavy (non-hydrogen) atoms. The number of Topliss-reactive ketones (excluding diaryl/α,β-unsaturated/α-hetero) is 1. The van der Waals surface area contributed by atoms with Crippen molar-refractivity contribution >= 4 is 5.78 Å². The summed E-state index contributed by atoms with van der Waals surface area (Å²) >= 11 is 0. The first kappa shape index (κ1) is 8.28. The van der Waals surface area contributed by atoms with Gasteiger partial charge in [0.05, 0.1) is 0 Å². The molecule has 0 aromatic carbocycles. The van der Waals surface area contributed by atoms with Crippen molar-refractivity contribution in [2.75, 3.05) is 0 Å². The van der Waals surface area contributed by atoms with E-state index >= 15 is 0 Å². The van der Waals surface area contributed by atoms with Gasteiger partial charge in [-0.15, -0.1) is 0 Å². The van der Waals surface area contributed by atoms with Crippen LogP contribution in [0.5, 0.6) is 0 Å². The highest BCUT2D eigenvalue weighted by molar-refractivity contribution is 5.86. The van der Waals surface area contributed by atoms with E-state index in [9.17, 15) is 4.79 Å². The monoisotopic (exact) mass is 166 g/mol. The second-order valence-electron chi connectivity index (χ2n) is 5.27. The Kier molecular flexibility index (Phi) is 1.47. The lowest BCUT2D eigenvalue weighted by Gasteiger charge is -2.60. The fraction of sp³-hybridized carbons (Fsp3) is 0.909. The van der Waals surface area contributed by atoms with Gasteiger partial charge in [0.2, 0.25) is 0 Å². The maximum absolute atomic E-state index is 11.8. The Labute approximate surface area is 74.5 Å². The summed E-state index contributed by atoms with van der Waals surface area (Å²) < 4.78 is 0. The highest BCUT2D eigenvalue weighted by atomic mass is 16.1. The van der Waals surface area contributed by atoms with E-state index in [0.717, 1.165) is 12.3 Å². The van der Waals surface area contributed by atoms with Crippen molar-refractivity contribution in [1.82, 2.24) is 0 Å². The minimum atomic E-state index is 0.309. The van der Waals surface area contributed by atoms with Crippen LogP contribution < -0.4 is 0 Å². The summed E-state index contributed by atoms with van der Waals surface area (Å²) in [6.07, 6.45) is 1.16. The Morgan fingerprint density at radius 3 is 2.33 bits per heavy atom. The van der Waals surface area contributed by atoms with E-state index in [1.165, 1.54) is 0 Å². The lowest BCUT2D eigenvalue weighted by molar-refractivity contribution is -0.166. The summed E-state index contributed by atoms with van der Waals surface area (Å²) in [5, 5.41) is 0. The van der Waals surface area contributed by atoms with E-state index < -0.39 is 0 Å². The molecule has 3 fully saturated rings. The predicted octanol–water partition coefficient (Wildman–Crippen LogP) is 2.50. The standard InChI is InChI=1S/C11H18O/c1-6-7(2)10(12)9-5-8(6)11(9,3)4/h6-9H,5H2,1-4H3/t6-,7-,8+,9+/m1/s1.